The van der Waals surface area contributed by atoms with Gasteiger partial charge in [-0.05, 0) is 30.2 Å². The number of carbonyl (C=O) groups excluding carboxylic acids is 1. The van der Waals surface area contributed by atoms with Crippen LogP contribution in [0.3, 0.4) is 0 Å². The van der Waals surface area contributed by atoms with Gasteiger partial charge in [0.25, 0.3) is 0 Å². The number of halogens is 2. The Hall–Kier alpha value is -2.24. The lowest BCUT2D eigenvalue weighted by Crippen LogP contribution is -2.05. The monoisotopic (exact) mass is 256 g/mol. The third-order valence-corrected chi connectivity index (χ3v) is 2.06. The number of rotatable bonds is 5. The molecule has 0 bridgehead atoms. The molecule has 0 spiro atoms. The first kappa shape index (κ1) is 13.8. The summed E-state index contributed by atoms with van der Waals surface area (Å²) in [6.07, 6.45) is 2.31. The zero-order chi connectivity index (χ0) is 13.7. The zero-order valence-corrected chi connectivity index (χ0v) is 9.39. The molecule has 1 N–H and O–H groups in total. The lowest BCUT2D eigenvalue weighted by atomic mass is 10.0. The van der Waals surface area contributed by atoms with E-state index in [1.54, 1.807) is 6.92 Å². The van der Waals surface area contributed by atoms with Crippen LogP contribution in [0.2, 0.25) is 0 Å². The van der Waals surface area contributed by atoms with Crippen molar-refractivity contribution in [3.05, 3.63) is 34.9 Å². The summed E-state index contributed by atoms with van der Waals surface area (Å²) in [6, 6.07) is 2.79. The van der Waals surface area contributed by atoms with Crippen LogP contribution in [0.1, 0.15) is 21.5 Å². The van der Waals surface area contributed by atoms with Crippen LogP contribution in [0.4, 0.5) is 8.78 Å². The van der Waals surface area contributed by atoms with Gasteiger partial charge in [0.1, 0.15) is 5.75 Å². The number of carboxylic acid groups (broad SMARTS) is 1. The van der Waals surface area contributed by atoms with E-state index in [1.165, 1.54) is 12.1 Å². The van der Waals surface area contributed by atoms with Crippen LogP contribution >= 0.6 is 0 Å². The molecule has 0 atom stereocenters. The molecule has 0 saturated carbocycles. The number of ether oxygens (including phenoxy) is 1. The summed E-state index contributed by atoms with van der Waals surface area (Å²) < 4.78 is 28.5. The molecule has 6 heteroatoms. The molecule has 0 aliphatic heterocycles. The van der Waals surface area contributed by atoms with Crippen LogP contribution in [0.15, 0.2) is 18.2 Å². The van der Waals surface area contributed by atoms with Gasteiger partial charge in [-0.25, -0.2) is 4.79 Å². The van der Waals surface area contributed by atoms with Gasteiger partial charge >= 0.3 is 12.6 Å². The van der Waals surface area contributed by atoms with Crippen molar-refractivity contribution >= 4 is 18.3 Å². The number of hydrogen-bond acceptors (Lipinski definition) is 3. The van der Waals surface area contributed by atoms with E-state index in [4.69, 9.17) is 5.11 Å². The minimum atomic E-state index is -3.05. The van der Waals surface area contributed by atoms with Gasteiger partial charge in [0.2, 0.25) is 0 Å². The molecular formula is C12H10F2O4. The van der Waals surface area contributed by atoms with Gasteiger partial charge < -0.3 is 9.84 Å². The number of carbonyl (C=O) groups is 2. The van der Waals surface area contributed by atoms with Crippen LogP contribution < -0.4 is 4.74 Å². The quantitative estimate of drug-likeness (QED) is 0.649. The fourth-order valence-corrected chi connectivity index (χ4v) is 1.41. The van der Waals surface area contributed by atoms with Crippen molar-refractivity contribution < 1.29 is 28.2 Å². The molecule has 0 saturated heterocycles. The Labute approximate surface area is 101 Å². The first-order chi connectivity index (χ1) is 8.43. The molecule has 1 aromatic rings. The second kappa shape index (κ2) is 5.90. The smallest absolute Gasteiger partial charge is 0.387 e. The van der Waals surface area contributed by atoms with Crippen molar-refractivity contribution in [2.45, 2.75) is 13.5 Å². The summed E-state index contributed by atoms with van der Waals surface area (Å²) in [5.74, 6) is -1.48. The highest BCUT2D eigenvalue weighted by molar-refractivity contribution is 5.91. The molecule has 96 valence electrons. The van der Waals surface area contributed by atoms with E-state index in [-0.39, 0.29) is 16.9 Å². The Morgan fingerprint density at radius 2 is 2.11 bits per heavy atom. The number of carboxylic acids is 1. The van der Waals surface area contributed by atoms with Gasteiger partial charge in [0.15, 0.2) is 6.29 Å². The molecule has 0 unspecified atom stereocenters. The average Bonchev–Trinajstić information content (AvgIpc) is 2.25. The Balaban J connectivity index is 3.28. The van der Waals surface area contributed by atoms with E-state index in [0.29, 0.717) is 11.8 Å². The molecule has 0 radical (unpaired) electrons. The van der Waals surface area contributed by atoms with Gasteiger partial charge in [-0.15, -0.1) is 0 Å². The maximum absolute atomic E-state index is 12.2. The molecule has 1 aromatic carbocycles. The summed E-state index contributed by atoms with van der Waals surface area (Å²) >= 11 is 0. The highest BCUT2D eigenvalue weighted by atomic mass is 19.3. The number of benzene rings is 1. The normalized spacial score (nSPS) is 10.9. The van der Waals surface area contributed by atoms with Crippen LogP contribution in [-0.2, 0) is 4.79 Å². The SMILES string of the molecule is Cc1cc(/C=C/C(=O)O)c(C=O)c(OC(F)F)c1. The van der Waals surface area contributed by atoms with Crippen LogP contribution in [0.5, 0.6) is 5.75 Å². The van der Waals surface area contributed by atoms with Crippen molar-refractivity contribution in [1.82, 2.24) is 0 Å². The van der Waals surface area contributed by atoms with E-state index in [1.807, 2.05) is 0 Å². The molecular weight excluding hydrogens is 246 g/mol. The molecule has 0 aliphatic rings. The molecule has 0 aromatic heterocycles. The summed E-state index contributed by atoms with van der Waals surface area (Å²) in [5.41, 5.74) is 0.669. The largest absolute Gasteiger partial charge is 0.478 e. The fraction of sp³-hybridized carbons (Fsp3) is 0.167. The first-order valence-corrected chi connectivity index (χ1v) is 4.89. The van der Waals surface area contributed by atoms with Crippen molar-refractivity contribution in [2.24, 2.45) is 0 Å². The average molecular weight is 256 g/mol. The third kappa shape index (κ3) is 3.65. The summed E-state index contributed by atoms with van der Waals surface area (Å²) in [4.78, 5) is 21.3. The Morgan fingerprint density at radius 1 is 1.44 bits per heavy atom. The highest BCUT2D eigenvalue weighted by Gasteiger charge is 2.13. The maximum Gasteiger partial charge on any atom is 0.387 e. The molecule has 4 nitrogen and oxygen atoms in total. The first-order valence-electron chi connectivity index (χ1n) is 4.89. The number of hydrogen-bond donors (Lipinski definition) is 1. The predicted molar refractivity (Wildman–Crippen MR) is 59.9 cm³/mol. The van der Waals surface area contributed by atoms with E-state index in [9.17, 15) is 18.4 Å². The van der Waals surface area contributed by atoms with E-state index in [0.717, 1.165) is 12.2 Å². The van der Waals surface area contributed by atoms with Crippen molar-refractivity contribution in [3.63, 3.8) is 0 Å². The van der Waals surface area contributed by atoms with Gasteiger partial charge in [-0.1, -0.05) is 6.07 Å². The van der Waals surface area contributed by atoms with Crippen LogP contribution in [-0.4, -0.2) is 24.0 Å². The lowest BCUT2D eigenvalue weighted by molar-refractivity contribution is -0.131. The van der Waals surface area contributed by atoms with E-state index in [2.05, 4.69) is 4.74 Å². The van der Waals surface area contributed by atoms with E-state index >= 15 is 0 Å². The fourth-order valence-electron chi connectivity index (χ4n) is 1.41. The van der Waals surface area contributed by atoms with Crippen molar-refractivity contribution in [2.75, 3.05) is 0 Å². The molecule has 0 aliphatic carbocycles. The molecule has 0 amide bonds. The molecule has 0 fully saturated rings. The maximum atomic E-state index is 12.2. The second-order valence-corrected chi connectivity index (χ2v) is 3.43. The predicted octanol–water partition coefficient (Wildman–Crippen LogP) is 2.51. The minimum Gasteiger partial charge on any atom is -0.478 e. The molecule has 1 rings (SSSR count). The van der Waals surface area contributed by atoms with E-state index < -0.39 is 12.6 Å². The van der Waals surface area contributed by atoms with Crippen LogP contribution in [0, 0.1) is 6.92 Å². The number of aldehydes is 1. The van der Waals surface area contributed by atoms with Crippen molar-refractivity contribution in [1.29, 1.82) is 0 Å². The minimum absolute atomic E-state index is 0.113. The standard InChI is InChI=1S/C12H10F2O4/c1-7-4-8(2-3-11(16)17)9(6-15)10(5-7)18-12(13)14/h2-6,12H,1H3,(H,16,17)/b3-2+. The lowest BCUT2D eigenvalue weighted by Gasteiger charge is -2.10. The summed E-state index contributed by atoms with van der Waals surface area (Å²) in [7, 11) is 0. The number of aliphatic carboxylic acids is 1. The Kier molecular flexibility index (Phi) is 4.53. The third-order valence-electron chi connectivity index (χ3n) is 2.06. The summed E-state index contributed by atoms with van der Waals surface area (Å²) in [5, 5.41) is 8.50. The van der Waals surface area contributed by atoms with Crippen LogP contribution in [0.25, 0.3) is 6.08 Å². The van der Waals surface area contributed by atoms with Gasteiger partial charge in [0.05, 0.1) is 5.56 Å². The molecule has 0 heterocycles. The van der Waals surface area contributed by atoms with Gasteiger partial charge in [0, 0.05) is 6.08 Å². The van der Waals surface area contributed by atoms with Crippen molar-refractivity contribution in [3.8, 4) is 5.75 Å². The number of aryl methyl sites for hydroxylation is 1. The highest BCUT2D eigenvalue weighted by Crippen LogP contribution is 2.25. The topological polar surface area (TPSA) is 63.6 Å². The Bertz CT molecular complexity index is 495. The van der Waals surface area contributed by atoms with Gasteiger partial charge in [-0.2, -0.15) is 8.78 Å². The Morgan fingerprint density at radius 3 is 2.61 bits per heavy atom. The number of alkyl halides is 2. The summed E-state index contributed by atoms with van der Waals surface area (Å²) in [6.45, 7) is -1.44. The zero-order valence-electron chi connectivity index (χ0n) is 9.39. The molecule has 18 heavy (non-hydrogen) atoms. The van der Waals surface area contributed by atoms with Gasteiger partial charge in [-0.3, -0.25) is 4.79 Å². The second-order valence-electron chi connectivity index (χ2n) is 3.43.